The predicted octanol–water partition coefficient (Wildman–Crippen LogP) is 3.33. The van der Waals surface area contributed by atoms with Crippen LogP contribution in [0.2, 0.25) is 0 Å². The van der Waals surface area contributed by atoms with Gasteiger partial charge in [-0.1, -0.05) is 26.0 Å². The van der Waals surface area contributed by atoms with Gasteiger partial charge in [-0.15, -0.1) is 0 Å². The molecular weight excluding hydrogens is 386 g/mol. The lowest BCUT2D eigenvalue weighted by molar-refractivity contribution is -0.150. The van der Waals surface area contributed by atoms with E-state index in [1.54, 1.807) is 62.4 Å². The van der Waals surface area contributed by atoms with Gasteiger partial charge in [0.1, 0.15) is 30.8 Å². The smallest absolute Gasteiger partial charge is 0.329 e. The lowest BCUT2D eigenvalue weighted by Crippen LogP contribution is -2.48. The van der Waals surface area contributed by atoms with E-state index in [-0.39, 0.29) is 19.1 Å². The van der Waals surface area contributed by atoms with E-state index >= 15 is 0 Å². The number of carbonyl (C=O) groups is 3. The van der Waals surface area contributed by atoms with Gasteiger partial charge in [-0.25, -0.2) is 4.79 Å². The summed E-state index contributed by atoms with van der Waals surface area (Å²) in [5.74, 6) is -0.512. The lowest BCUT2D eigenvalue weighted by atomic mass is 10.0. The summed E-state index contributed by atoms with van der Waals surface area (Å²) in [7, 11) is 0. The first kappa shape index (κ1) is 21.4. The number of hydrogen-bond acceptors (Lipinski definition) is 6. The zero-order valence-electron chi connectivity index (χ0n) is 17.3. The van der Waals surface area contributed by atoms with Crippen LogP contribution in [0.3, 0.4) is 0 Å². The Morgan fingerprint density at radius 1 is 0.867 bits per heavy atom. The average molecular weight is 411 g/mol. The van der Waals surface area contributed by atoms with Crippen LogP contribution in [-0.2, 0) is 9.53 Å². The molecule has 0 aromatic heterocycles. The SMILES string of the molecule is CCOc1ccc(OCCOC(=O)[C@H](C(C)C)N2C(=O)c3ccccc3C2=O)cc1. The standard InChI is InChI=1S/C23H25NO6/c1-4-28-16-9-11-17(12-10-16)29-13-14-30-23(27)20(15(2)3)24-21(25)18-7-5-6-8-19(18)22(24)26/h5-12,15,20H,4,13-14H2,1-3H3/t20-/m0/s1. The summed E-state index contributed by atoms with van der Waals surface area (Å²) in [6, 6.07) is 12.7. The Bertz CT molecular complexity index is 887. The number of fused-ring (bicyclic) bond motifs is 1. The minimum absolute atomic E-state index is 0.00155. The molecule has 30 heavy (non-hydrogen) atoms. The van der Waals surface area contributed by atoms with Crippen LogP contribution < -0.4 is 9.47 Å². The first-order valence-corrected chi connectivity index (χ1v) is 9.93. The van der Waals surface area contributed by atoms with Crippen LogP contribution in [0.25, 0.3) is 0 Å². The molecule has 2 aromatic rings. The molecule has 7 heteroatoms. The van der Waals surface area contributed by atoms with Crippen LogP contribution in [0.4, 0.5) is 0 Å². The molecule has 0 saturated carbocycles. The number of nitrogens with zero attached hydrogens (tertiary/aromatic N) is 1. The fourth-order valence-electron chi connectivity index (χ4n) is 3.32. The number of hydrogen-bond donors (Lipinski definition) is 0. The molecule has 0 fully saturated rings. The van der Waals surface area contributed by atoms with E-state index in [2.05, 4.69) is 0 Å². The predicted molar refractivity (Wildman–Crippen MR) is 110 cm³/mol. The number of benzene rings is 2. The van der Waals surface area contributed by atoms with Gasteiger partial charge in [0, 0.05) is 0 Å². The maximum atomic E-state index is 12.7. The summed E-state index contributed by atoms with van der Waals surface area (Å²) in [4.78, 5) is 39.1. The van der Waals surface area contributed by atoms with Crippen molar-refractivity contribution in [3.05, 3.63) is 59.7 Å². The number of carbonyl (C=O) groups excluding carboxylic acids is 3. The van der Waals surface area contributed by atoms with Crippen molar-refractivity contribution in [3.63, 3.8) is 0 Å². The Hall–Kier alpha value is -3.35. The maximum Gasteiger partial charge on any atom is 0.329 e. The summed E-state index contributed by atoms with van der Waals surface area (Å²) >= 11 is 0. The second-order valence-corrected chi connectivity index (χ2v) is 7.14. The van der Waals surface area contributed by atoms with E-state index in [9.17, 15) is 14.4 Å². The first-order chi connectivity index (χ1) is 14.4. The number of esters is 1. The second kappa shape index (κ2) is 9.43. The fraction of sp³-hybridized carbons (Fsp3) is 0.348. The normalized spacial score (nSPS) is 13.9. The maximum absolute atomic E-state index is 12.7. The van der Waals surface area contributed by atoms with Gasteiger partial charge in [-0.05, 0) is 49.2 Å². The summed E-state index contributed by atoms with van der Waals surface area (Å²) in [5, 5.41) is 0. The van der Waals surface area contributed by atoms with Gasteiger partial charge in [-0.2, -0.15) is 0 Å². The molecule has 158 valence electrons. The number of amides is 2. The zero-order chi connectivity index (χ0) is 21.7. The van der Waals surface area contributed by atoms with Crippen molar-refractivity contribution in [2.45, 2.75) is 26.8 Å². The first-order valence-electron chi connectivity index (χ1n) is 9.93. The average Bonchev–Trinajstić information content (AvgIpc) is 2.98. The molecule has 0 N–H and O–H groups in total. The molecule has 2 amide bonds. The third-order valence-electron chi connectivity index (χ3n) is 4.71. The largest absolute Gasteiger partial charge is 0.494 e. The molecular formula is C23H25NO6. The van der Waals surface area contributed by atoms with Crippen molar-refractivity contribution in [2.75, 3.05) is 19.8 Å². The minimum atomic E-state index is -0.997. The Morgan fingerprint density at radius 3 is 1.90 bits per heavy atom. The Morgan fingerprint density at radius 2 is 1.40 bits per heavy atom. The molecule has 0 aliphatic carbocycles. The summed E-state index contributed by atoms with van der Waals surface area (Å²) in [6.45, 7) is 6.17. The van der Waals surface area contributed by atoms with Crippen LogP contribution in [0, 0.1) is 5.92 Å². The van der Waals surface area contributed by atoms with Gasteiger partial charge in [0.15, 0.2) is 0 Å². The quantitative estimate of drug-likeness (QED) is 0.358. The van der Waals surface area contributed by atoms with Crippen LogP contribution in [0.15, 0.2) is 48.5 Å². The van der Waals surface area contributed by atoms with Crippen molar-refractivity contribution in [2.24, 2.45) is 5.92 Å². The summed E-state index contributed by atoms with van der Waals surface area (Å²) < 4.78 is 16.3. The molecule has 0 radical (unpaired) electrons. The van der Waals surface area contributed by atoms with Crippen molar-refractivity contribution >= 4 is 17.8 Å². The highest BCUT2D eigenvalue weighted by Gasteiger charge is 2.44. The molecule has 0 saturated heterocycles. The topological polar surface area (TPSA) is 82.1 Å². The number of imide groups is 1. The number of ether oxygens (including phenoxy) is 3. The van der Waals surface area contributed by atoms with Crippen LogP contribution in [0.1, 0.15) is 41.5 Å². The molecule has 1 aliphatic rings. The van der Waals surface area contributed by atoms with Crippen molar-refractivity contribution in [1.29, 1.82) is 0 Å². The highest BCUT2D eigenvalue weighted by Crippen LogP contribution is 2.27. The fourth-order valence-corrected chi connectivity index (χ4v) is 3.32. The monoisotopic (exact) mass is 411 g/mol. The van der Waals surface area contributed by atoms with Gasteiger partial charge in [0.05, 0.1) is 17.7 Å². The molecule has 1 heterocycles. The third kappa shape index (κ3) is 4.45. The number of rotatable bonds is 9. The molecule has 3 rings (SSSR count). The Labute approximate surface area is 175 Å². The molecule has 1 atom stereocenters. The van der Waals surface area contributed by atoms with Crippen molar-refractivity contribution < 1.29 is 28.6 Å². The van der Waals surface area contributed by atoms with Crippen LogP contribution >= 0.6 is 0 Å². The van der Waals surface area contributed by atoms with E-state index in [1.165, 1.54) is 0 Å². The summed E-state index contributed by atoms with van der Waals surface area (Å²) in [5.41, 5.74) is 0.611. The van der Waals surface area contributed by atoms with Crippen molar-refractivity contribution in [1.82, 2.24) is 4.90 Å². The molecule has 7 nitrogen and oxygen atoms in total. The van der Waals surface area contributed by atoms with Gasteiger partial charge in [0.2, 0.25) is 0 Å². The summed E-state index contributed by atoms with van der Waals surface area (Å²) in [6.07, 6.45) is 0. The van der Waals surface area contributed by atoms with Gasteiger partial charge in [0.25, 0.3) is 11.8 Å². The van der Waals surface area contributed by atoms with E-state index in [4.69, 9.17) is 14.2 Å². The third-order valence-corrected chi connectivity index (χ3v) is 4.71. The van der Waals surface area contributed by atoms with Crippen molar-refractivity contribution in [3.8, 4) is 11.5 Å². The van der Waals surface area contributed by atoms with Crippen LogP contribution in [0.5, 0.6) is 11.5 Å². The van der Waals surface area contributed by atoms with Crippen LogP contribution in [-0.4, -0.2) is 48.5 Å². The minimum Gasteiger partial charge on any atom is -0.494 e. The van der Waals surface area contributed by atoms with E-state index in [1.807, 2.05) is 6.92 Å². The molecule has 2 aromatic carbocycles. The Kier molecular flexibility index (Phi) is 6.72. The van der Waals surface area contributed by atoms with E-state index in [0.717, 1.165) is 10.6 Å². The zero-order valence-corrected chi connectivity index (χ0v) is 17.3. The highest BCUT2D eigenvalue weighted by atomic mass is 16.6. The molecule has 1 aliphatic heterocycles. The molecule has 0 spiro atoms. The molecule has 0 unspecified atom stereocenters. The highest BCUT2D eigenvalue weighted by molar-refractivity contribution is 6.22. The lowest BCUT2D eigenvalue weighted by Gasteiger charge is -2.27. The van der Waals surface area contributed by atoms with Gasteiger partial charge >= 0.3 is 5.97 Å². The second-order valence-electron chi connectivity index (χ2n) is 7.14. The van der Waals surface area contributed by atoms with E-state index in [0.29, 0.717) is 23.5 Å². The van der Waals surface area contributed by atoms with Gasteiger partial charge < -0.3 is 14.2 Å². The van der Waals surface area contributed by atoms with E-state index < -0.39 is 23.8 Å². The molecule has 0 bridgehead atoms. The Balaban J connectivity index is 1.58. The van der Waals surface area contributed by atoms with Gasteiger partial charge in [-0.3, -0.25) is 14.5 Å².